The van der Waals surface area contributed by atoms with Gasteiger partial charge in [-0.2, -0.15) is 0 Å². The van der Waals surface area contributed by atoms with Crippen molar-refractivity contribution in [2.24, 2.45) is 0 Å². The van der Waals surface area contributed by atoms with Crippen LogP contribution < -0.4 is 26.2 Å². The van der Waals surface area contributed by atoms with Gasteiger partial charge in [0.15, 0.2) is 0 Å². The maximum absolute atomic E-state index is 6.56. The average molecular weight is 937 g/mol. The van der Waals surface area contributed by atoms with Crippen molar-refractivity contribution in [1.82, 2.24) is 0 Å². The van der Waals surface area contributed by atoms with Crippen LogP contribution in [0, 0.1) is 0 Å². The number of fused-ring (bicyclic) bond motifs is 10. The smallest absolute Gasteiger partial charge is 0.252 e. The Morgan fingerprint density at radius 1 is 0.408 bits per heavy atom. The van der Waals surface area contributed by atoms with Gasteiger partial charge in [0.2, 0.25) is 0 Å². The van der Waals surface area contributed by atoms with E-state index in [1.807, 2.05) is 17.4 Å². The quantitative estimate of drug-likeness (QED) is 0.164. The highest BCUT2D eigenvalue weighted by atomic mass is 32.1. The third kappa shape index (κ3) is 6.91. The van der Waals surface area contributed by atoms with Crippen molar-refractivity contribution in [3.8, 4) is 22.3 Å². The Morgan fingerprint density at radius 3 is 1.62 bits per heavy atom. The van der Waals surface area contributed by atoms with Gasteiger partial charge in [-0.05, 0) is 127 Å². The number of nitrogens with zero attached hydrogens (tertiary/aromatic N) is 2. The zero-order chi connectivity index (χ0) is 48.7. The summed E-state index contributed by atoms with van der Waals surface area (Å²) in [6.45, 7) is 21.1. The van der Waals surface area contributed by atoms with Crippen LogP contribution in [0.1, 0.15) is 79.0 Å². The predicted octanol–water partition coefficient (Wildman–Crippen LogP) is 17.3. The lowest BCUT2D eigenvalue weighted by Crippen LogP contribution is -2.61. The molecule has 0 aliphatic carbocycles. The van der Waals surface area contributed by atoms with Gasteiger partial charge in [0.25, 0.3) is 6.71 Å². The zero-order valence-corrected chi connectivity index (χ0v) is 42.9. The van der Waals surface area contributed by atoms with Crippen molar-refractivity contribution < 1.29 is 4.42 Å². The summed E-state index contributed by atoms with van der Waals surface area (Å²) >= 11 is 1.89. The van der Waals surface area contributed by atoms with E-state index in [1.54, 1.807) is 0 Å². The van der Waals surface area contributed by atoms with Crippen LogP contribution in [0.15, 0.2) is 186 Å². The van der Waals surface area contributed by atoms with E-state index in [1.165, 1.54) is 87.1 Å². The first-order chi connectivity index (χ1) is 34.1. The lowest BCUT2D eigenvalue weighted by atomic mass is 9.33. The molecular weight excluding hydrogens is 880 g/mol. The van der Waals surface area contributed by atoms with Gasteiger partial charge in [-0.25, -0.2) is 0 Å². The molecule has 0 unspecified atom stereocenters. The molecule has 0 fully saturated rings. The summed E-state index contributed by atoms with van der Waals surface area (Å²) < 4.78 is 9.22. The molecule has 0 N–H and O–H groups in total. The summed E-state index contributed by atoms with van der Waals surface area (Å²) in [5.74, 6) is 0. The predicted molar refractivity (Wildman–Crippen MR) is 308 cm³/mol. The van der Waals surface area contributed by atoms with Gasteiger partial charge in [0, 0.05) is 70.6 Å². The Morgan fingerprint density at radius 2 is 0.944 bits per heavy atom. The average Bonchev–Trinajstić information content (AvgIpc) is 3.94. The van der Waals surface area contributed by atoms with Crippen LogP contribution in [0.25, 0.3) is 64.4 Å². The van der Waals surface area contributed by atoms with E-state index in [4.69, 9.17) is 4.42 Å². The minimum Gasteiger partial charge on any atom is -0.455 e. The van der Waals surface area contributed by atoms with Crippen LogP contribution in [-0.2, 0) is 16.2 Å². The Hall–Kier alpha value is -7.34. The molecule has 0 bridgehead atoms. The standard InChI is InChI=1S/C66H57BN2OS/c1-64(2,3)42-29-35-55-54(36-42)67-53-34-28-43(65(4,5)6)37-56(53)69(46-30-24-40(25-31-46)47-18-14-20-51-49-16-10-12-22-59(49)70-62(47)51)58-39-44(66(7,8)9)38-57(61(58)67)68(55)45-32-26-41(27-33-45)48-19-15-21-52-50-17-11-13-23-60(50)71-63(48)52/h10-39H,1-9H3. The second kappa shape index (κ2) is 15.6. The van der Waals surface area contributed by atoms with Crippen LogP contribution in [0.2, 0.25) is 0 Å². The van der Waals surface area contributed by atoms with Crippen molar-refractivity contribution in [1.29, 1.82) is 0 Å². The summed E-state index contributed by atoms with van der Waals surface area (Å²) in [5.41, 5.74) is 21.5. The molecule has 4 heterocycles. The van der Waals surface area contributed by atoms with Gasteiger partial charge < -0.3 is 14.2 Å². The second-order valence-corrected chi connectivity index (χ2v) is 24.0. The van der Waals surface area contributed by atoms with Crippen LogP contribution in [0.4, 0.5) is 34.1 Å². The van der Waals surface area contributed by atoms with Crippen LogP contribution >= 0.6 is 11.3 Å². The van der Waals surface area contributed by atoms with Crippen LogP contribution in [0.5, 0.6) is 0 Å². The topological polar surface area (TPSA) is 19.6 Å². The molecule has 0 saturated carbocycles. The molecule has 9 aromatic carbocycles. The normalized spacial score (nSPS) is 13.6. The Bertz CT molecular complexity index is 3950. The Labute approximate surface area is 422 Å². The minimum atomic E-state index is -0.135. The molecule has 0 saturated heterocycles. The molecule has 0 radical (unpaired) electrons. The summed E-state index contributed by atoms with van der Waals surface area (Å²) in [6.07, 6.45) is 0. The monoisotopic (exact) mass is 936 g/mol. The Kier molecular flexibility index (Phi) is 9.58. The number of hydrogen-bond acceptors (Lipinski definition) is 4. The number of rotatable bonds is 4. The summed E-state index contributed by atoms with van der Waals surface area (Å²) in [6, 6.07) is 68.7. The fraction of sp³-hybridized carbons (Fsp3) is 0.182. The number of benzene rings is 9. The van der Waals surface area contributed by atoms with Crippen LogP contribution in [-0.4, -0.2) is 6.71 Å². The molecule has 0 amide bonds. The molecule has 346 valence electrons. The fourth-order valence-corrected chi connectivity index (χ4v) is 12.7. The van der Waals surface area contributed by atoms with Gasteiger partial charge in [-0.1, -0.05) is 184 Å². The number of hydrogen-bond donors (Lipinski definition) is 0. The molecule has 71 heavy (non-hydrogen) atoms. The molecule has 0 spiro atoms. The summed E-state index contributed by atoms with van der Waals surface area (Å²) in [5, 5.41) is 4.93. The molecule has 2 aliphatic rings. The number of thiophene rings is 1. The van der Waals surface area contributed by atoms with Crippen molar-refractivity contribution in [3.63, 3.8) is 0 Å². The van der Waals surface area contributed by atoms with Gasteiger partial charge in [-0.15, -0.1) is 11.3 Å². The van der Waals surface area contributed by atoms with Gasteiger partial charge in [0.1, 0.15) is 11.2 Å². The van der Waals surface area contributed by atoms with Crippen molar-refractivity contribution in [3.05, 3.63) is 199 Å². The van der Waals surface area contributed by atoms with Crippen molar-refractivity contribution >= 4 is 111 Å². The van der Waals surface area contributed by atoms with Crippen molar-refractivity contribution in [2.45, 2.75) is 78.6 Å². The molecule has 2 aliphatic heterocycles. The highest BCUT2D eigenvalue weighted by Gasteiger charge is 2.45. The number of furan rings is 1. The number of para-hydroxylation sites is 2. The highest BCUT2D eigenvalue weighted by Crippen LogP contribution is 2.49. The largest absolute Gasteiger partial charge is 0.455 e. The Balaban J connectivity index is 1.03. The first-order valence-electron chi connectivity index (χ1n) is 25.2. The van der Waals surface area contributed by atoms with Crippen LogP contribution in [0.3, 0.4) is 0 Å². The van der Waals surface area contributed by atoms with Gasteiger partial charge >= 0.3 is 0 Å². The zero-order valence-electron chi connectivity index (χ0n) is 42.1. The summed E-state index contributed by atoms with van der Waals surface area (Å²) in [4.78, 5) is 5.15. The van der Waals surface area contributed by atoms with Crippen molar-refractivity contribution in [2.75, 3.05) is 9.80 Å². The number of anilines is 6. The SMILES string of the molecule is CC(C)(C)c1ccc2c(c1)B1c3ccc(C(C)(C)C)cc3N(c3ccc(-c4cccc5c4oc4ccccc45)cc3)c3cc(C(C)(C)C)cc(c31)N2c1ccc(-c2cccc3c2sc2ccccc23)cc1. The molecule has 13 rings (SSSR count). The van der Waals surface area contributed by atoms with E-state index in [0.29, 0.717) is 0 Å². The minimum absolute atomic E-state index is 0.0117. The van der Waals surface area contributed by atoms with E-state index in [9.17, 15) is 0 Å². The molecule has 0 atom stereocenters. The third-order valence-corrected chi connectivity index (χ3v) is 16.6. The molecular formula is C66H57BN2OS. The molecule has 11 aromatic rings. The van der Waals surface area contributed by atoms with Gasteiger partial charge in [-0.3, -0.25) is 0 Å². The maximum atomic E-state index is 6.56. The summed E-state index contributed by atoms with van der Waals surface area (Å²) in [7, 11) is 0. The molecule has 5 heteroatoms. The van der Waals surface area contributed by atoms with E-state index < -0.39 is 0 Å². The lowest BCUT2D eigenvalue weighted by Gasteiger charge is -2.45. The second-order valence-electron chi connectivity index (χ2n) is 23.0. The first kappa shape index (κ1) is 43.7. The highest BCUT2D eigenvalue weighted by molar-refractivity contribution is 7.26. The lowest BCUT2D eigenvalue weighted by molar-refractivity contribution is 0.589. The van der Waals surface area contributed by atoms with Gasteiger partial charge in [0.05, 0.1) is 0 Å². The molecule has 2 aromatic heterocycles. The third-order valence-electron chi connectivity index (χ3n) is 15.3. The maximum Gasteiger partial charge on any atom is 0.252 e. The van der Waals surface area contributed by atoms with E-state index >= 15 is 0 Å². The van der Waals surface area contributed by atoms with E-state index in [-0.39, 0.29) is 23.0 Å². The first-order valence-corrected chi connectivity index (χ1v) is 26.0. The molecule has 3 nitrogen and oxygen atoms in total. The fourth-order valence-electron chi connectivity index (χ4n) is 11.4. The van der Waals surface area contributed by atoms with E-state index in [2.05, 4.69) is 248 Å². The van der Waals surface area contributed by atoms with E-state index in [0.717, 1.165) is 44.4 Å².